The van der Waals surface area contributed by atoms with Crippen LogP contribution in [0.25, 0.3) is 0 Å². The quantitative estimate of drug-likeness (QED) is 0.607. The number of aliphatic hydroxyl groups is 1. The lowest BCUT2D eigenvalue weighted by atomic mass is 10.0. The minimum Gasteiger partial charge on any atom is -0.508 e. The van der Waals surface area contributed by atoms with E-state index in [9.17, 15) is 19.8 Å². The minimum atomic E-state index is -1.79. The summed E-state index contributed by atoms with van der Waals surface area (Å²) in [5.74, 6) is -1.39. The predicted molar refractivity (Wildman–Crippen MR) is 89.0 cm³/mol. The molecule has 2 atom stereocenters. The van der Waals surface area contributed by atoms with E-state index in [4.69, 9.17) is 9.84 Å². The molecule has 7 nitrogen and oxygen atoms in total. The van der Waals surface area contributed by atoms with Gasteiger partial charge in [-0.2, -0.15) is 0 Å². The molecular formula is C18H19NO6. The highest BCUT2D eigenvalue weighted by atomic mass is 16.5. The molecule has 2 rings (SSSR count). The molecule has 2 aromatic rings. The number of carboxylic acids is 1. The summed E-state index contributed by atoms with van der Waals surface area (Å²) < 4.78 is 5.05. The zero-order chi connectivity index (χ0) is 18.2. The number of phenols is 1. The maximum absolute atomic E-state index is 11.9. The number of benzene rings is 2. The van der Waals surface area contributed by atoms with Crippen molar-refractivity contribution in [1.82, 2.24) is 5.32 Å². The van der Waals surface area contributed by atoms with E-state index in [1.54, 1.807) is 36.4 Å². The number of nitrogens with one attached hydrogen (secondary N) is 1. The second kappa shape index (κ2) is 8.70. The number of ether oxygens (including phenoxy) is 1. The van der Waals surface area contributed by atoms with Gasteiger partial charge in [-0.1, -0.05) is 42.5 Å². The molecule has 0 aliphatic heterocycles. The van der Waals surface area contributed by atoms with Crippen molar-refractivity contribution in [2.24, 2.45) is 0 Å². The lowest BCUT2D eigenvalue weighted by Crippen LogP contribution is -2.48. The summed E-state index contributed by atoms with van der Waals surface area (Å²) in [4.78, 5) is 23.0. The third-order valence-electron chi connectivity index (χ3n) is 3.54. The summed E-state index contributed by atoms with van der Waals surface area (Å²) >= 11 is 0. The van der Waals surface area contributed by atoms with E-state index in [0.717, 1.165) is 5.56 Å². The number of alkyl carbamates (subject to hydrolysis) is 1. The molecule has 0 fully saturated rings. The standard InChI is InChI=1S/C18H19NO6/c20-14-8-6-12(7-9-14)10-15(16(21)17(22)23)19-18(24)25-11-13-4-2-1-3-5-13/h1-9,15-16,20-21H,10-11H2,(H,19,24)(H,22,23)/t15?,16-/m0/s1. The van der Waals surface area contributed by atoms with Crippen LogP contribution in [-0.4, -0.2) is 39.5 Å². The molecule has 7 heteroatoms. The molecule has 1 amide bonds. The van der Waals surface area contributed by atoms with Crippen molar-refractivity contribution in [2.45, 2.75) is 25.2 Å². The van der Waals surface area contributed by atoms with Crippen LogP contribution < -0.4 is 5.32 Å². The molecule has 1 unspecified atom stereocenters. The summed E-state index contributed by atoms with van der Waals surface area (Å²) in [5, 5.41) is 30.5. The molecule has 0 saturated carbocycles. The summed E-state index contributed by atoms with van der Waals surface area (Å²) in [7, 11) is 0. The Morgan fingerprint density at radius 3 is 2.24 bits per heavy atom. The summed E-state index contributed by atoms with van der Waals surface area (Å²) in [5.41, 5.74) is 1.43. The highest BCUT2D eigenvalue weighted by Crippen LogP contribution is 2.13. The fraction of sp³-hybridized carbons (Fsp3) is 0.222. The minimum absolute atomic E-state index is 0.0295. The number of amides is 1. The van der Waals surface area contributed by atoms with Crippen LogP contribution in [0.3, 0.4) is 0 Å². The van der Waals surface area contributed by atoms with Gasteiger partial charge in [0.25, 0.3) is 0 Å². The summed E-state index contributed by atoms with van der Waals surface area (Å²) in [6, 6.07) is 14.0. The van der Waals surface area contributed by atoms with Gasteiger partial charge in [0.05, 0.1) is 6.04 Å². The maximum Gasteiger partial charge on any atom is 0.407 e. The molecule has 132 valence electrons. The monoisotopic (exact) mass is 345 g/mol. The number of phenolic OH excluding ortho intramolecular Hbond substituents is 1. The van der Waals surface area contributed by atoms with E-state index in [1.807, 2.05) is 6.07 Å². The molecule has 0 heterocycles. The molecule has 0 saturated heterocycles. The number of rotatable bonds is 7. The van der Waals surface area contributed by atoms with Crippen LogP contribution >= 0.6 is 0 Å². The van der Waals surface area contributed by atoms with Gasteiger partial charge in [-0.25, -0.2) is 9.59 Å². The molecule has 4 N–H and O–H groups in total. The Labute approximate surface area is 144 Å². The van der Waals surface area contributed by atoms with Crippen molar-refractivity contribution in [3.8, 4) is 5.75 Å². The van der Waals surface area contributed by atoms with Gasteiger partial charge < -0.3 is 25.4 Å². The number of carbonyl (C=O) groups is 2. The highest BCUT2D eigenvalue weighted by molar-refractivity contribution is 5.75. The first-order chi connectivity index (χ1) is 12.0. The van der Waals surface area contributed by atoms with Gasteiger partial charge in [-0.15, -0.1) is 0 Å². The lowest BCUT2D eigenvalue weighted by molar-refractivity contribution is -0.148. The van der Waals surface area contributed by atoms with Crippen molar-refractivity contribution in [2.75, 3.05) is 0 Å². The number of aromatic hydroxyl groups is 1. The Morgan fingerprint density at radius 2 is 1.64 bits per heavy atom. The van der Waals surface area contributed by atoms with Crippen LogP contribution in [0.1, 0.15) is 11.1 Å². The lowest BCUT2D eigenvalue weighted by Gasteiger charge is -2.21. The van der Waals surface area contributed by atoms with Crippen LogP contribution in [0.15, 0.2) is 54.6 Å². The Kier molecular flexibility index (Phi) is 6.36. The Morgan fingerprint density at radius 1 is 1.00 bits per heavy atom. The molecule has 0 aliphatic rings. The van der Waals surface area contributed by atoms with E-state index in [-0.39, 0.29) is 18.8 Å². The van der Waals surface area contributed by atoms with E-state index >= 15 is 0 Å². The largest absolute Gasteiger partial charge is 0.508 e. The molecular weight excluding hydrogens is 326 g/mol. The Bertz CT molecular complexity index is 701. The van der Waals surface area contributed by atoms with Gasteiger partial charge in [0.1, 0.15) is 12.4 Å². The molecule has 0 aliphatic carbocycles. The van der Waals surface area contributed by atoms with Gasteiger partial charge in [-0.05, 0) is 29.7 Å². The number of hydrogen-bond donors (Lipinski definition) is 4. The van der Waals surface area contributed by atoms with E-state index in [1.165, 1.54) is 12.1 Å². The fourth-order valence-corrected chi connectivity index (χ4v) is 2.22. The average Bonchev–Trinajstić information content (AvgIpc) is 2.61. The predicted octanol–water partition coefficient (Wildman–Crippen LogP) is 1.68. The first-order valence-electron chi connectivity index (χ1n) is 7.61. The zero-order valence-corrected chi connectivity index (χ0v) is 13.3. The maximum atomic E-state index is 11.9. The number of carbonyl (C=O) groups excluding carboxylic acids is 1. The van der Waals surface area contributed by atoms with Crippen LogP contribution in [-0.2, 0) is 22.6 Å². The number of carboxylic acid groups (broad SMARTS) is 1. The van der Waals surface area contributed by atoms with Gasteiger partial charge in [0.15, 0.2) is 6.10 Å². The number of aliphatic carboxylic acids is 1. The van der Waals surface area contributed by atoms with Crippen LogP contribution in [0.2, 0.25) is 0 Å². The van der Waals surface area contributed by atoms with E-state index in [0.29, 0.717) is 5.56 Å². The van der Waals surface area contributed by atoms with Gasteiger partial charge in [0.2, 0.25) is 0 Å². The SMILES string of the molecule is O=C(NC(Cc1ccc(O)cc1)[C@H](O)C(=O)O)OCc1ccccc1. The molecule has 0 aromatic heterocycles. The molecule has 0 bridgehead atoms. The average molecular weight is 345 g/mol. The topological polar surface area (TPSA) is 116 Å². The highest BCUT2D eigenvalue weighted by Gasteiger charge is 2.28. The Hall–Kier alpha value is -3.06. The van der Waals surface area contributed by atoms with Gasteiger partial charge in [0, 0.05) is 0 Å². The van der Waals surface area contributed by atoms with Crippen molar-refractivity contribution in [3.63, 3.8) is 0 Å². The number of aliphatic hydroxyl groups excluding tert-OH is 1. The van der Waals surface area contributed by atoms with Crippen LogP contribution in [0.4, 0.5) is 4.79 Å². The second-order valence-corrected chi connectivity index (χ2v) is 5.47. The van der Waals surface area contributed by atoms with Gasteiger partial charge >= 0.3 is 12.1 Å². The fourth-order valence-electron chi connectivity index (χ4n) is 2.22. The van der Waals surface area contributed by atoms with Crippen LogP contribution in [0.5, 0.6) is 5.75 Å². The first-order valence-corrected chi connectivity index (χ1v) is 7.61. The van der Waals surface area contributed by atoms with Crippen LogP contribution in [0, 0.1) is 0 Å². The summed E-state index contributed by atoms with van der Waals surface area (Å²) in [6.45, 7) is 0.0295. The van der Waals surface area contributed by atoms with E-state index < -0.39 is 24.2 Å². The Balaban J connectivity index is 1.98. The molecule has 25 heavy (non-hydrogen) atoms. The smallest absolute Gasteiger partial charge is 0.407 e. The normalized spacial score (nSPS) is 12.8. The first kappa shape index (κ1) is 18.3. The zero-order valence-electron chi connectivity index (χ0n) is 13.3. The number of hydrogen-bond acceptors (Lipinski definition) is 5. The van der Waals surface area contributed by atoms with Gasteiger partial charge in [-0.3, -0.25) is 0 Å². The van der Waals surface area contributed by atoms with Crippen molar-refractivity contribution >= 4 is 12.1 Å². The third kappa shape index (κ3) is 5.82. The molecule has 2 aromatic carbocycles. The summed E-state index contributed by atoms with van der Waals surface area (Å²) in [6.07, 6.45) is -2.56. The molecule has 0 spiro atoms. The second-order valence-electron chi connectivity index (χ2n) is 5.47. The van der Waals surface area contributed by atoms with Crippen molar-refractivity contribution in [1.29, 1.82) is 0 Å². The van der Waals surface area contributed by atoms with E-state index in [2.05, 4.69) is 5.32 Å². The van der Waals surface area contributed by atoms with Crippen molar-refractivity contribution < 1.29 is 29.6 Å². The third-order valence-corrected chi connectivity index (χ3v) is 3.54. The van der Waals surface area contributed by atoms with Crippen molar-refractivity contribution in [3.05, 3.63) is 65.7 Å². The molecule has 0 radical (unpaired) electrons.